The number of unbranched alkanes of at least 4 members (excludes halogenated alkanes) is 19. The van der Waals surface area contributed by atoms with Crippen LogP contribution in [-0.2, 0) is 4.79 Å². The molecule has 0 aromatic rings. The minimum atomic E-state index is -1.28. The summed E-state index contributed by atoms with van der Waals surface area (Å²) in [4.78, 5) is 12.4. The maximum atomic E-state index is 12.4. The summed E-state index contributed by atoms with van der Waals surface area (Å²) in [5.74, 6) is -0.653. The molecule has 0 aliphatic rings. The van der Waals surface area contributed by atoms with Crippen LogP contribution in [0.4, 0.5) is 0 Å². The van der Waals surface area contributed by atoms with Crippen molar-refractivity contribution in [3.63, 3.8) is 0 Å². The highest BCUT2D eigenvalue weighted by Crippen LogP contribution is 2.15. The predicted octanol–water partition coefficient (Wildman–Crippen LogP) is 8.06. The first kappa shape index (κ1) is 40.8. The molecule has 248 valence electrons. The number of allylic oxidation sites excluding steroid dienone is 3. The number of nitrogens with one attached hydrogen (secondary N) is 1. The van der Waals surface area contributed by atoms with E-state index < -0.39 is 36.9 Å². The number of carbonyl (C=O) groups is 1. The van der Waals surface area contributed by atoms with Crippen molar-refractivity contribution in [2.75, 3.05) is 6.61 Å². The monoisotopic (exact) mass is 596 g/mol. The van der Waals surface area contributed by atoms with E-state index in [0.717, 1.165) is 32.1 Å². The van der Waals surface area contributed by atoms with Crippen molar-refractivity contribution in [1.82, 2.24) is 5.32 Å². The van der Waals surface area contributed by atoms with Gasteiger partial charge in [-0.3, -0.25) is 4.79 Å². The Hall–Kier alpha value is -1.21. The molecular formula is C36H69NO5. The zero-order valence-electron chi connectivity index (χ0n) is 27.5. The summed E-state index contributed by atoms with van der Waals surface area (Å²) in [6, 6.07) is -1.01. The van der Waals surface area contributed by atoms with Gasteiger partial charge in [0, 0.05) is 6.42 Å². The van der Waals surface area contributed by atoms with E-state index in [9.17, 15) is 25.2 Å². The van der Waals surface area contributed by atoms with Gasteiger partial charge in [-0.15, -0.1) is 0 Å². The molecule has 0 aliphatic heterocycles. The summed E-state index contributed by atoms with van der Waals surface area (Å²) in [5, 5.41) is 43.2. The summed E-state index contributed by atoms with van der Waals surface area (Å²) in [6.45, 7) is 3.98. The van der Waals surface area contributed by atoms with E-state index in [1.807, 2.05) is 6.08 Å². The largest absolute Gasteiger partial charge is 0.394 e. The van der Waals surface area contributed by atoms with Crippen LogP contribution in [0, 0.1) is 0 Å². The molecule has 0 radical (unpaired) electrons. The molecule has 0 saturated heterocycles. The molecule has 0 bridgehead atoms. The summed E-state index contributed by atoms with van der Waals surface area (Å²) >= 11 is 0. The van der Waals surface area contributed by atoms with Gasteiger partial charge in [-0.05, 0) is 25.7 Å². The molecule has 4 unspecified atom stereocenters. The zero-order valence-corrected chi connectivity index (χ0v) is 27.5. The molecule has 0 aliphatic carbocycles. The third-order valence-electron chi connectivity index (χ3n) is 8.18. The lowest BCUT2D eigenvalue weighted by atomic mass is 9.99. The second kappa shape index (κ2) is 31.2. The number of hydrogen-bond acceptors (Lipinski definition) is 5. The van der Waals surface area contributed by atoms with Crippen molar-refractivity contribution in [3.05, 3.63) is 24.3 Å². The lowest BCUT2D eigenvalue weighted by molar-refractivity contribution is -0.132. The van der Waals surface area contributed by atoms with Gasteiger partial charge in [-0.1, -0.05) is 160 Å². The Bertz CT molecular complexity index is 638. The van der Waals surface area contributed by atoms with E-state index in [1.54, 1.807) is 6.08 Å². The van der Waals surface area contributed by atoms with Crippen LogP contribution in [-0.4, -0.2) is 57.3 Å². The van der Waals surface area contributed by atoms with Gasteiger partial charge in [-0.2, -0.15) is 0 Å². The second-order valence-electron chi connectivity index (χ2n) is 12.2. The fraction of sp³-hybridized carbons (Fsp3) is 0.861. The summed E-state index contributed by atoms with van der Waals surface area (Å²) in [6.07, 6.45) is 32.1. The number of amides is 1. The molecule has 0 spiro atoms. The SMILES string of the molecule is CCCCCCCC/C=C\C/C=C\CC(O)C(=O)NC(CO)C(O)C(O)CCCCCCCCCCCCCCCC. The standard InChI is InChI=1S/C36H69NO5/c1-3-5-7-9-11-13-15-17-18-20-21-23-25-27-29-33(39)35(41)32(31-38)37-36(42)34(40)30-28-26-24-22-19-16-14-12-10-8-6-4-2/h19,22,26,28,32-35,38-41H,3-18,20-21,23-25,27,29-31H2,1-2H3,(H,37,42)/b22-19-,28-26-. The molecular weight excluding hydrogens is 526 g/mol. The minimum Gasteiger partial charge on any atom is -0.394 e. The zero-order chi connectivity index (χ0) is 31.1. The predicted molar refractivity (Wildman–Crippen MR) is 177 cm³/mol. The van der Waals surface area contributed by atoms with Gasteiger partial charge in [0.2, 0.25) is 5.91 Å². The Kier molecular flexibility index (Phi) is 30.3. The Balaban J connectivity index is 3.93. The second-order valence-corrected chi connectivity index (χ2v) is 12.2. The topological polar surface area (TPSA) is 110 Å². The summed E-state index contributed by atoms with van der Waals surface area (Å²) in [7, 11) is 0. The molecule has 4 atom stereocenters. The molecule has 42 heavy (non-hydrogen) atoms. The molecule has 0 rings (SSSR count). The van der Waals surface area contributed by atoms with Crippen molar-refractivity contribution >= 4 is 5.91 Å². The van der Waals surface area contributed by atoms with Crippen molar-refractivity contribution in [1.29, 1.82) is 0 Å². The molecule has 0 aromatic heterocycles. The van der Waals surface area contributed by atoms with Crippen LogP contribution in [0.25, 0.3) is 0 Å². The quantitative estimate of drug-likeness (QED) is 0.0411. The molecule has 0 saturated carbocycles. The number of aliphatic hydroxyl groups is 4. The van der Waals surface area contributed by atoms with Crippen LogP contribution in [0.5, 0.6) is 0 Å². The molecule has 1 amide bonds. The Morgan fingerprint density at radius 1 is 0.619 bits per heavy atom. The first-order chi connectivity index (χ1) is 20.5. The lowest BCUT2D eigenvalue weighted by Gasteiger charge is -2.27. The fourth-order valence-electron chi connectivity index (χ4n) is 5.27. The number of aliphatic hydroxyl groups excluding tert-OH is 4. The van der Waals surface area contributed by atoms with Crippen LogP contribution in [0.1, 0.15) is 168 Å². The number of hydrogen-bond donors (Lipinski definition) is 5. The minimum absolute atomic E-state index is 0.160. The van der Waals surface area contributed by atoms with Crippen LogP contribution in [0.15, 0.2) is 24.3 Å². The van der Waals surface area contributed by atoms with E-state index in [2.05, 4.69) is 31.3 Å². The number of rotatable bonds is 31. The van der Waals surface area contributed by atoms with Crippen LogP contribution < -0.4 is 5.32 Å². The fourth-order valence-corrected chi connectivity index (χ4v) is 5.27. The number of carbonyl (C=O) groups excluding carboxylic acids is 1. The van der Waals surface area contributed by atoms with Crippen molar-refractivity contribution < 1.29 is 25.2 Å². The van der Waals surface area contributed by atoms with Crippen molar-refractivity contribution in [2.24, 2.45) is 0 Å². The third-order valence-corrected chi connectivity index (χ3v) is 8.18. The van der Waals surface area contributed by atoms with E-state index >= 15 is 0 Å². The summed E-state index contributed by atoms with van der Waals surface area (Å²) < 4.78 is 0. The van der Waals surface area contributed by atoms with E-state index in [1.165, 1.54) is 109 Å². The van der Waals surface area contributed by atoms with Crippen molar-refractivity contribution in [3.8, 4) is 0 Å². The van der Waals surface area contributed by atoms with Crippen LogP contribution in [0.3, 0.4) is 0 Å². The van der Waals surface area contributed by atoms with Crippen molar-refractivity contribution in [2.45, 2.75) is 192 Å². The molecule has 6 heteroatoms. The Labute approximate surface area is 259 Å². The molecule has 6 nitrogen and oxygen atoms in total. The average Bonchev–Trinajstić information content (AvgIpc) is 2.99. The highest BCUT2D eigenvalue weighted by atomic mass is 16.3. The summed E-state index contributed by atoms with van der Waals surface area (Å²) in [5.41, 5.74) is 0. The molecule has 0 aromatic carbocycles. The maximum Gasteiger partial charge on any atom is 0.249 e. The van der Waals surface area contributed by atoms with Gasteiger partial charge in [0.05, 0.1) is 18.8 Å². The van der Waals surface area contributed by atoms with Gasteiger partial charge < -0.3 is 25.7 Å². The van der Waals surface area contributed by atoms with Gasteiger partial charge in [0.1, 0.15) is 12.2 Å². The Morgan fingerprint density at radius 2 is 1.07 bits per heavy atom. The van der Waals surface area contributed by atoms with E-state index in [0.29, 0.717) is 6.42 Å². The Morgan fingerprint density at radius 3 is 1.57 bits per heavy atom. The molecule has 0 heterocycles. The smallest absolute Gasteiger partial charge is 0.249 e. The van der Waals surface area contributed by atoms with Gasteiger partial charge in [0.15, 0.2) is 0 Å². The van der Waals surface area contributed by atoms with Crippen LogP contribution in [0.2, 0.25) is 0 Å². The van der Waals surface area contributed by atoms with Gasteiger partial charge in [0.25, 0.3) is 0 Å². The first-order valence-electron chi connectivity index (χ1n) is 17.7. The van der Waals surface area contributed by atoms with Gasteiger partial charge >= 0.3 is 0 Å². The highest BCUT2D eigenvalue weighted by molar-refractivity contribution is 5.81. The van der Waals surface area contributed by atoms with Crippen LogP contribution >= 0.6 is 0 Å². The van der Waals surface area contributed by atoms with E-state index in [4.69, 9.17) is 0 Å². The normalized spacial score (nSPS) is 14.9. The third kappa shape index (κ3) is 25.3. The molecule has 0 fully saturated rings. The maximum absolute atomic E-state index is 12.4. The van der Waals surface area contributed by atoms with E-state index in [-0.39, 0.29) is 6.42 Å². The average molecular weight is 596 g/mol. The van der Waals surface area contributed by atoms with Gasteiger partial charge in [-0.25, -0.2) is 0 Å². The lowest BCUT2D eigenvalue weighted by Crippen LogP contribution is -2.53. The highest BCUT2D eigenvalue weighted by Gasteiger charge is 2.28. The molecule has 5 N–H and O–H groups in total. The first-order valence-corrected chi connectivity index (χ1v) is 17.7.